The molecule has 0 amide bonds. The molecule has 25 heavy (non-hydrogen) atoms. The first-order valence-electron chi connectivity index (χ1n) is 9.28. The number of hydrogen-bond acceptors (Lipinski definition) is 3. The number of pyridine rings is 1. The van der Waals surface area contributed by atoms with Crippen LogP contribution in [0.5, 0.6) is 0 Å². The van der Waals surface area contributed by atoms with Crippen molar-refractivity contribution < 1.29 is 0 Å². The molecule has 0 saturated heterocycles. The molecule has 2 aromatic heterocycles. The zero-order valence-electron chi connectivity index (χ0n) is 15.7. The summed E-state index contributed by atoms with van der Waals surface area (Å²) in [6.45, 7) is 4.84. The fraction of sp³-hybridized carbons (Fsp3) is 0.429. The zero-order chi connectivity index (χ0) is 17.8. The van der Waals surface area contributed by atoms with Crippen LogP contribution in [-0.2, 0) is 20.0 Å². The molecule has 1 unspecified atom stereocenters. The van der Waals surface area contributed by atoms with Gasteiger partial charge in [-0.3, -0.25) is 9.88 Å². The molecule has 4 rings (SSSR count). The maximum Gasteiger partial charge on any atom is 0.123 e. The number of aromatic nitrogens is 3. The van der Waals surface area contributed by atoms with Crippen LogP contribution in [0, 0.1) is 0 Å². The summed E-state index contributed by atoms with van der Waals surface area (Å²) in [4.78, 5) is 11.9. The monoisotopic (exact) mass is 336 g/mol. The van der Waals surface area contributed by atoms with Gasteiger partial charge in [0.05, 0.1) is 29.3 Å². The molecule has 1 aliphatic rings. The van der Waals surface area contributed by atoms with Crippen molar-refractivity contribution in [3.8, 4) is 0 Å². The van der Waals surface area contributed by atoms with E-state index in [1.807, 2.05) is 32.2 Å². The number of benzene rings is 1. The van der Waals surface area contributed by atoms with Crippen LogP contribution >= 0.6 is 0 Å². The van der Waals surface area contributed by atoms with Crippen molar-refractivity contribution in [2.45, 2.75) is 45.7 Å². The second-order valence-electron chi connectivity index (χ2n) is 6.45. The molecule has 4 heteroatoms. The van der Waals surface area contributed by atoms with Crippen LogP contribution in [0.4, 0.5) is 0 Å². The van der Waals surface area contributed by atoms with Crippen molar-refractivity contribution in [2.75, 3.05) is 7.05 Å². The molecule has 3 aromatic rings. The first-order valence-corrected chi connectivity index (χ1v) is 9.28. The molecule has 0 spiro atoms. The van der Waals surface area contributed by atoms with Crippen LogP contribution in [0.25, 0.3) is 11.0 Å². The molecule has 0 aliphatic heterocycles. The van der Waals surface area contributed by atoms with Gasteiger partial charge in [0.25, 0.3) is 0 Å². The maximum atomic E-state index is 4.80. The van der Waals surface area contributed by atoms with Crippen LogP contribution in [0.2, 0.25) is 0 Å². The van der Waals surface area contributed by atoms with Crippen LogP contribution in [-0.4, -0.2) is 26.5 Å². The summed E-state index contributed by atoms with van der Waals surface area (Å²) in [5.74, 6) is 1.11. The normalized spacial score (nSPS) is 16.4. The molecule has 2 heterocycles. The van der Waals surface area contributed by atoms with Gasteiger partial charge in [0.1, 0.15) is 5.82 Å². The van der Waals surface area contributed by atoms with E-state index in [-0.39, 0.29) is 0 Å². The largest absolute Gasteiger partial charge is 0.330 e. The molecule has 0 N–H and O–H groups in total. The topological polar surface area (TPSA) is 34.0 Å². The summed E-state index contributed by atoms with van der Waals surface area (Å²) in [5.41, 5.74) is 4.92. The second kappa shape index (κ2) is 7.79. The SMILES string of the molecule is CC.CN(Cc1nc2ccccc2n1C)C1CCCc2cccnc21. The highest BCUT2D eigenvalue weighted by Gasteiger charge is 2.25. The Balaban J connectivity index is 0.000000880. The lowest BCUT2D eigenvalue weighted by Gasteiger charge is -2.32. The van der Waals surface area contributed by atoms with E-state index >= 15 is 0 Å². The van der Waals surface area contributed by atoms with Crippen LogP contribution in [0.15, 0.2) is 42.6 Å². The quantitative estimate of drug-likeness (QED) is 0.706. The van der Waals surface area contributed by atoms with E-state index < -0.39 is 0 Å². The molecular weight excluding hydrogens is 308 g/mol. The van der Waals surface area contributed by atoms with Crippen molar-refractivity contribution in [2.24, 2.45) is 7.05 Å². The number of nitrogens with zero attached hydrogens (tertiary/aromatic N) is 4. The van der Waals surface area contributed by atoms with Gasteiger partial charge in [-0.25, -0.2) is 4.98 Å². The summed E-state index contributed by atoms with van der Waals surface area (Å²) in [6, 6.07) is 13.0. The Morgan fingerprint density at radius 2 is 1.96 bits per heavy atom. The van der Waals surface area contributed by atoms with Gasteiger partial charge in [-0.05, 0) is 50.1 Å². The Morgan fingerprint density at radius 1 is 1.16 bits per heavy atom. The number of rotatable bonds is 3. The van der Waals surface area contributed by atoms with Crippen molar-refractivity contribution >= 4 is 11.0 Å². The molecular formula is C21H28N4. The number of imidazole rings is 1. The van der Waals surface area contributed by atoms with Crippen molar-refractivity contribution in [1.82, 2.24) is 19.4 Å². The molecule has 0 saturated carbocycles. The van der Waals surface area contributed by atoms with Crippen molar-refractivity contribution in [1.29, 1.82) is 0 Å². The van der Waals surface area contributed by atoms with Crippen molar-refractivity contribution in [3.05, 3.63) is 59.7 Å². The highest BCUT2D eigenvalue weighted by molar-refractivity contribution is 5.75. The van der Waals surface area contributed by atoms with E-state index in [0.717, 1.165) is 24.3 Å². The molecule has 132 valence electrons. The molecule has 1 aliphatic carbocycles. The van der Waals surface area contributed by atoms with E-state index in [9.17, 15) is 0 Å². The minimum absolute atomic E-state index is 0.389. The summed E-state index contributed by atoms with van der Waals surface area (Å²) < 4.78 is 2.20. The third-order valence-corrected chi connectivity index (χ3v) is 4.97. The van der Waals surface area contributed by atoms with Gasteiger partial charge in [0, 0.05) is 13.2 Å². The van der Waals surface area contributed by atoms with Crippen molar-refractivity contribution in [3.63, 3.8) is 0 Å². The van der Waals surface area contributed by atoms with Gasteiger partial charge < -0.3 is 4.57 Å². The number of fused-ring (bicyclic) bond motifs is 2. The number of hydrogen-bond donors (Lipinski definition) is 0. The first kappa shape index (κ1) is 17.6. The summed E-state index contributed by atoms with van der Waals surface area (Å²) in [6.07, 6.45) is 5.47. The summed E-state index contributed by atoms with van der Waals surface area (Å²) in [7, 11) is 4.29. The van der Waals surface area contributed by atoms with Gasteiger partial charge in [0.2, 0.25) is 0 Å². The van der Waals surface area contributed by atoms with Gasteiger partial charge in [-0.2, -0.15) is 0 Å². The fourth-order valence-electron chi connectivity index (χ4n) is 3.68. The maximum absolute atomic E-state index is 4.80. The number of para-hydroxylation sites is 2. The lowest BCUT2D eigenvalue weighted by atomic mass is 9.91. The van der Waals surface area contributed by atoms with E-state index in [1.165, 1.54) is 29.6 Å². The standard InChI is InChI=1S/C19H22N4.C2H6/c1-22(17-11-5-7-14-8-6-12-20-19(14)17)13-18-21-15-9-3-4-10-16(15)23(18)2;1-2/h3-4,6,8-10,12,17H,5,7,11,13H2,1-2H3;1-2H3. The zero-order valence-corrected chi connectivity index (χ0v) is 15.7. The average molecular weight is 336 g/mol. The van der Waals surface area contributed by atoms with Gasteiger partial charge >= 0.3 is 0 Å². The van der Waals surface area contributed by atoms with Gasteiger partial charge in [-0.15, -0.1) is 0 Å². The first-order chi connectivity index (χ1) is 12.2. The van der Waals surface area contributed by atoms with Crippen LogP contribution in [0.1, 0.15) is 49.8 Å². The predicted molar refractivity (Wildman–Crippen MR) is 103 cm³/mol. The van der Waals surface area contributed by atoms with Gasteiger partial charge in [0.15, 0.2) is 0 Å². The fourth-order valence-corrected chi connectivity index (χ4v) is 3.68. The highest BCUT2D eigenvalue weighted by atomic mass is 15.2. The highest BCUT2D eigenvalue weighted by Crippen LogP contribution is 2.32. The van der Waals surface area contributed by atoms with E-state index in [0.29, 0.717) is 6.04 Å². The van der Waals surface area contributed by atoms with Gasteiger partial charge in [-0.1, -0.05) is 32.0 Å². The lowest BCUT2D eigenvalue weighted by molar-refractivity contribution is 0.202. The summed E-state index contributed by atoms with van der Waals surface area (Å²) >= 11 is 0. The minimum Gasteiger partial charge on any atom is -0.330 e. The molecule has 4 nitrogen and oxygen atoms in total. The van der Waals surface area contributed by atoms with E-state index in [4.69, 9.17) is 4.98 Å². The summed E-state index contributed by atoms with van der Waals surface area (Å²) in [5, 5.41) is 0. The Labute approximate surface area is 150 Å². The van der Waals surface area contributed by atoms with Crippen LogP contribution in [0.3, 0.4) is 0 Å². The van der Waals surface area contributed by atoms with E-state index in [1.54, 1.807) is 0 Å². The molecule has 1 atom stereocenters. The van der Waals surface area contributed by atoms with Crippen LogP contribution < -0.4 is 0 Å². The molecule has 0 radical (unpaired) electrons. The Kier molecular flexibility index (Phi) is 5.49. The van der Waals surface area contributed by atoms with E-state index in [2.05, 4.69) is 52.8 Å². The second-order valence-corrected chi connectivity index (χ2v) is 6.45. The Morgan fingerprint density at radius 3 is 2.76 bits per heavy atom. The Bertz CT molecular complexity index is 837. The third-order valence-electron chi connectivity index (χ3n) is 4.97. The lowest BCUT2D eigenvalue weighted by Crippen LogP contribution is -2.29. The smallest absolute Gasteiger partial charge is 0.123 e. The molecule has 0 bridgehead atoms. The minimum atomic E-state index is 0.389. The predicted octanol–water partition coefficient (Wildman–Crippen LogP) is 4.50. The molecule has 1 aromatic carbocycles. The molecule has 0 fully saturated rings. The average Bonchev–Trinajstić information content (AvgIpc) is 2.99. The number of aryl methyl sites for hydroxylation is 2. The Hall–Kier alpha value is -2.20. The third kappa shape index (κ3) is 3.45.